The standard InChI is InChI=1S/C11H16O3/c1-8(12)5-7-11(9(2)13)6-3-4-10(11)14/h3-7H2,1-2H3/t11-/m0/s1. The van der Waals surface area contributed by atoms with Gasteiger partial charge in [-0.1, -0.05) is 0 Å². The van der Waals surface area contributed by atoms with Gasteiger partial charge < -0.3 is 4.79 Å². The van der Waals surface area contributed by atoms with Gasteiger partial charge in [-0.15, -0.1) is 0 Å². The van der Waals surface area contributed by atoms with Crippen LogP contribution in [0.3, 0.4) is 0 Å². The molecule has 3 nitrogen and oxygen atoms in total. The molecular formula is C11H16O3. The first kappa shape index (κ1) is 11.1. The van der Waals surface area contributed by atoms with Crippen LogP contribution in [0.4, 0.5) is 0 Å². The van der Waals surface area contributed by atoms with Gasteiger partial charge in [-0.2, -0.15) is 0 Å². The molecule has 0 aromatic heterocycles. The molecule has 0 saturated heterocycles. The zero-order valence-corrected chi connectivity index (χ0v) is 8.76. The largest absolute Gasteiger partial charge is 0.300 e. The van der Waals surface area contributed by atoms with Crippen molar-refractivity contribution in [2.75, 3.05) is 0 Å². The highest BCUT2D eigenvalue weighted by Crippen LogP contribution is 2.39. The van der Waals surface area contributed by atoms with Crippen molar-refractivity contribution in [2.24, 2.45) is 5.41 Å². The minimum atomic E-state index is -0.814. The Balaban J connectivity index is 2.77. The van der Waals surface area contributed by atoms with Gasteiger partial charge in [0.25, 0.3) is 0 Å². The van der Waals surface area contributed by atoms with Crippen LogP contribution in [0, 0.1) is 5.41 Å². The number of hydrogen-bond acceptors (Lipinski definition) is 3. The first-order chi connectivity index (χ1) is 6.49. The van der Waals surface area contributed by atoms with Crippen LogP contribution in [0.15, 0.2) is 0 Å². The third kappa shape index (κ3) is 1.91. The van der Waals surface area contributed by atoms with E-state index in [9.17, 15) is 14.4 Å². The lowest BCUT2D eigenvalue weighted by Crippen LogP contribution is -2.33. The Kier molecular flexibility index (Phi) is 3.19. The average molecular weight is 196 g/mol. The minimum absolute atomic E-state index is 0.0336. The summed E-state index contributed by atoms with van der Waals surface area (Å²) in [5, 5.41) is 0. The molecule has 0 unspecified atom stereocenters. The maximum atomic E-state index is 11.6. The normalized spacial score (nSPS) is 26.6. The van der Waals surface area contributed by atoms with E-state index >= 15 is 0 Å². The maximum absolute atomic E-state index is 11.6. The summed E-state index contributed by atoms with van der Waals surface area (Å²) in [5.74, 6) is 0.0119. The van der Waals surface area contributed by atoms with Gasteiger partial charge in [0.2, 0.25) is 0 Å². The summed E-state index contributed by atoms with van der Waals surface area (Å²) in [5.41, 5.74) is -0.814. The number of rotatable bonds is 4. The smallest absolute Gasteiger partial charge is 0.146 e. The molecule has 0 heterocycles. The topological polar surface area (TPSA) is 51.2 Å². The van der Waals surface area contributed by atoms with Gasteiger partial charge in [-0.05, 0) is 33.1 Å². The summed E-state index contributed by atoms with van der Waals surface area (Å²) in [6, 6.07) is 0. The summed E-state index contributed by atoms with van der Waals surface area (Å²) >= 11 is 0. The lowest BCUT2D eigenvalue weighted by Gasteiger charge is -2.23. The molecule has 0 spiro atoms. The summed E-state index contributed by atoms with van der Waals surface area (Å²) < 4.78 is 0. The molecule has 14 heavy (non-hydrogen) atoms. The highest BCUT2D eigenvalue weighted by molar-refractivity contribution is 6.07. The minimum Gasteiger partial charge on any atom is -0.300 e. The van der Waals surface area contributed by atoms with Crippen molar-refractivity contribution < 1.29 is 14.4 Å². The van der Waals surface area contributed by atoms with Crippen LogP contribution in [0.25, 0.3) is 0 Å². The highest BCUT2D eigenvalue weighted by atomic mass is 16.2. The fourth-order valence-corrected chi connectivity index (χ4v) is 2.13. The Morgan fingerprint density at radius 2 is 2.00 bits per heavy atom. The third-order valence-corrected chi connectivity index (χ3v) is 3.12. The number of ketones is 3. The SMILES string of the molecule is CC(=O)CC[C@]1(C(C)=O)CCCC1=O. The van der Waals surface area contributed by atoms with E-state index in [0.29, 0.717) is 25.7 Å². The number of carbonyl (C=O) groups is 3. The lowest BCUT2D eigenvalue weighted by atomic mass is 9.77. The molecule has 0 aromatic carbocycles. The molecular weight excluding hydrogens is 180 g/mol. The molecule has 0 amide bonds. The third-order valence-electron chi connectivity index (χ3n) is 3.12. The second-order valence-electron chi connectivity index (χ2n) is 4.12. The zero-order chi connectivity index (χ0) is 10.8. The van der Waals surface area contributed by atoms with Gasteiger partial charge in [-0.25, -0.2) is 0 Å². The fourth-order valence-electron chi connectivity index (χ4n) is 2.13. The first-order valence-corrected chi connectivity index (χ1v) is 5.03. The van der Waals surface area contributed by atoms with E-state index in [4.69, 9.17) is 0 Å². The van der Waals surface area contributed by atoms with Crippen molar-refractivity contribution in [3.8, 4) is 0 Å². The van der Waals surface area contributed by atoms with Crippen molar-refractivity contribution in [3.05, 3.63) is 0 Å². The van der Waals surface area contributed by atoms with Gasteiger partial charge in [0.15, 0.2) is 0 Å². The average Bonchev–Trinajstić information content (AvgIpc) is 2.44. The molecule has 1 aliphatic carbocycles. The van der Waals surface area contributed by atoms with Crippen LogP contribution in [0.5, 0.6) is 0 Å². The summed E-state index contributed by atoms with van der Waals surface area (Å²) in [4.78, 5) is 33.9. The van der Waals surface area contributed by atoms with E-state index < -0.39 is 5.41 Å². The zero-order valence-electron chi connectivity index (χ0n) is 8.76. The van der Waals surface area contributed by atoms with Crippen molar-refractivity contribution in [1.82, 2.24) is 0 Å². The second kappa shape index (κ2) is 4.03. The monoisotopic (exact) mass is 196 g/mol. The summed E-state index contributed by atoms with van der Waals surface area (Å²) in [6.07, 6.45) is 2.67. The molecule has 1 saturated carbocycles. The predicted octanol–water partition coefficient (Wildman–Crippen LogP) is 1.68. The van der Waals surface area contributed by atoms with Crippen molar-refractivity contribution in [1.29, 1.82) is 0 Å². The maximum Gasteiger partial charge on any atom is 0.146 e. The van der Waals surface area contributed by atoms with E-state index in [-0.39, 0.29) is 17.3 Å². The van der Waals surface area contributed by atoms with E-state index in [1.54, 1.807) is 0 Å². The van der Waals surface area contributed by atoms with Crippen LogP contribution in [0.1, 0.15) is 46.0 Å². The Morgan fingerprint density at radius 1 is 1.36 bits per heavy atom. The predicted molar refractivity (Wildman–Crippen MR) is 51.9 cm³/mol. The Labute approximate surface area is 83.9 Å². The highest BCUT2D eigenvalue weighted by Gasteiger charge is 2.45. The number of hydrogen-bond donors (Lipinski definition) is 0. The molecule has 0 bridgehead atoms. The van der Waals surface area contributed by atoms with Gasteiger partial charge in [0, 0.05) is 12.8 Å². The molecule has 1 atom stereocenters. The summed E-state index contributed by atoms with van der Waals surface area (Å²) in [6.45, 7) is 2.95. The van der Waals surface area contributed by atoms with Crippen molar-refractivity contribution >= 4 is 17.3 Å². The van der Waals surface area contributed by atoms with Crippen LogP contribution in [-0.4, -0.2) is 17.3 Å². The van der Waals surface area contributed by atoms with Crippen LogP contribution >= 0.6 is 0 Å². The van der Waals surface area contributed by atoms with Crippen LogP contribution in [-0.2, 0) is 14.4 Å². The van der Waals surface area contributed by atoms with Gasteiger partial charge in [-0.3, -0.25) is 9.59 Å². The first-order valence-electron chi connectivity index (χ1n) is 5.03. The number of Topliss-reactive ketones (excluding diaryl/α,β-unsaturated/α-hetero) is 3. The van der Waals surface area contributed by atoms with Crippen molar-refractivity contribution in [2.45, 2.75) is 46.0 Å². The van der Waals surface area contributed by atoms with Gasteiger partial charge >= 0.3 is 0 Å². The van der Waals surface area contributed by atoms with Crippen LogP contribution in [0.2, 0.25) is 0 Å². The molecule has 1 aliphatic rings. The second-order valence-corrected chi connectivity index (χ2v) is 4.12. The Bertz CT molecular complexity index is 280. The van der Waals surface area contributed by atoms with Gasteiger partial charge in [0.1, 0.15) is 17.3 Å². The Hall–Kier alpha value is -0.990. The molecule has 0 aromatic rings. The number of carbonyl (C=O) groups excluding carboxylic acids is 3. The van der Waals surface area contributed by atoms with Gasteiger partial charge in [0.05, 0.1) is 5.41 Å². The summed E-state index contributed by atoms with van der Waals surface area (Å²) in [7, 11) is 0. The molecule has 0 radical (unpaired) electrons. The molecule has 1 rings (SSSR count). The van der Waals surface area contributed by atoms with E-state index in [0.717, 1.165) is 6.42 Å². The molecule has 78 valence electrons. The van der Waals surface area contributed by atoms with Crippen molar-refractivity contribution in [3.63, 3.8) is 0 Å². The molecule has 0 N–H and O–H groups in total. The van der Waals surface area contributed by atoms with E-state index in [2.05, 4.69) is 0 Å². The lowest BCUT2D eigenvalue weighted by molar-refractivity contribution is -0.138. The molecule has 3 heteroatoms. The van der Waals surface area contributed by atoms with E-state index in [1.807, 2.05) is 0 Å². The van der Waals surface area contributed by atoms with Crippen LogP contribution < -0.4 is 0 Å². The quantitative estimate of drug-likeness (QED) is 0.643. The molecule has 1 fully saturated rings. The fraction of sp³-hybridized carbons (Fsp3) is 0.727. The molecule has 0 aliphatic heterocycles. The van der Waals surface area contributed by atoms with E-state index in [1.165, 1.54) is 13.8 Å². The Morgan fingerprint density at radius 3 is 2.36 bits per heavy atom.